The van der Waals surface area contributed by atoms with E-state index >= 15 is 0 Å². The van der Waals surface area contributed by atoms with E-state index in [1.54, 1.807) is 12.1 Å². The van der Waals surface area contributed by atoms with E-state index in [1.165, 1.54) is 13.2 Å². The highest BCUT2D eigenvalue weighted by Crippen LogP contribution is 2.28. The molecule has 0 fully saturated rings. The number of hydrogen-bond acceptors (Lipinski definition) is 4. The molecule has 0 aromatic heterocycles. The van der Waals surface area contributed by atoms with Gasteiger partial charge >= 0.3 is 0 Å². The van der Waals surface area contributed by atoms with Gasteiger partial charge < -0.3 is 4.74 Å². The summed E-state index contributed by atoms with van der Waals surface area (Å²) in [4.78, 5) is 14.5. The summed E-state index contributed by atoms with van der Waals surface area (Å²) < 4.78 is 5.01. The number of methoxy groups -OCH3 is 1. The molecule has 1 rings (SSSR count). The Morgan fingerprint density at radius 3 is 2.75 bits per heavy atom. The minimum atomic E-state index is -0.443. The average Bonchev–Trinajstić information content (AvgIpc) is 2.25. The highest BCUT2D eigenvalue weighted by Gasteiger charge is 2.13. The lowest BCUT2D eigenvalue weighted by atomic mass is 10.2. The van der Waals surface area contributed by atoms with Crippen LogP contribution in [0.2, 0.25) is 0 Å². The Morgan fingerprint density at radius 1 is 1.56 bits per heavy atom. The zero-order chi connectivity index (χ0) is 12.1. The Balaban J connectivity index is 3.24. The van der Waals surface area contributed by atoms with E-state index in [0.717, 1.165) is 5.56 Å². The first-order chi connectivity index (χ1) is 7.58. The Morgan fingerprint density at radius 2 is 2.25 bits per heavy atom. The quantitative estimate of drug-likeness (QED) is 0.342. The van der Waals surface area contributed by atoms with Crippen LogP contribution >= 0.6 is 0 Å². The zero-order valence-electron chi connectivity index (χ0n) is 9.56. The van der Waals surface area contributed by atoms with Gasteiger partial charge in [-0.25, -0.2) is 4.99 Å². The van der Waals surface area contributed by atoms with E-state index in [0.29, 0.717) is 18.0 Å². The lowest BCUT2D eigenvalue weighted by Gasteiger charge is -2.03. The first-order valence-electron chi connectivity index (χ1n) is 4.95. The molecule has 86 valence electrons. The first kappa shape index (κ1) is 12.2. The zero-order valence-corrected chi connectivity index (χ0v) is 9.56. The molecule has 1 aromatic carbocycles. The number of aliphatic imine (C=N–C) groups is 1. The van der Waals surface area contributed by atoms with Gasteiger partial charge in [-0.15, -0.1) is 0 Å². The van der Waals surface area contributed by atoms with Gasteiger partial charge in [-0.05, 0) is 18.6 Å². The second kappa shape index (κ2) is 5.25. The molecule has 5 heteroatoms. The molecule has 1 aromatic rings. The molecule has 0 radical (unpaired) electrons. The number of hydrogen-bond donors (Lipinski definition) is 0. The fourth-order valence-electron chi connectivity index (χ4n) is 1.28. The molecular formula is C11H14N2O3. The summed E-state index contributed by atoms with van der Waals surface area (Å²) in [5.74, 6) is 0.480. The van der Waals surface area contributed by atoms with Gasteiger partial charge in [-0.2, -0.15) is 0 Å². The first-order valence-corrected chi connectivity index (χ1v) is 4.95. The van der Waals surface area contributed by atoms with E-state index in [-0.39, 0.29) is 5.69 Å². The number of rotatable bonds is 3. The van der Waals surface area contributed by atoms with Crippen LogP contribution in [0.15, 0.2) is 23.2 Å². The fraction of sp³-hybridized carbons (Fsp3) is 0.364. The van der Waals surface area contributed by atoms with Crippen molar-refractivity contribution in [1.29, 1.82) is 0 Å². The summed E-state index contributed by atoms with van der Waals surface area (Å²) >= 11 is 0. The van der Waals surface area contributed by atoms with Gasteiger partial charge in [0.2, 0.25) is 0 Å². The summed E-state index contributed by atoms with van der Waals surface area (Å²) in [6.07, 6.45) is 0.599. The maximum Gasteiger partial charge on any atom is 0.294 e. The van der Waals surface area contributed by atoms with Crippen LogP contribution in [0, 0.1) is 17.0 Å². The van der Waals surface area contributed by atoms with E-state index in [4.69, 9.17) is 4.74 Å². The van der Waals surface area contributed by atoms with Crippen LogP contribution in [0.5, 0.6) is 0 Å². The molecule has 0 aliphatic rings. The molecule has 0 bridgehead atoms. The molecule has 0 saturated carbocycles. The summed E-state index contributed by atoms with van der Waals surface area (Å²) in [5.41, 5.74) is 1.26. The Bertz CT molecular complexity index is 421. The van der Waals surface area contributed by atoms with Crippen molar-refractivity contribution in [2.45, 2.75) is 20.3 Å². The molecule has 0 aliphatic heterocycles. The Labute approximate surface area is 93.9 Å². The summed E-state index contributed by atoms with van der Waals surface area (Å²) in [6, 6.07) is 4.82. The van der Waals surface area contributed by atoms with Gasteiger partial charge in [0.25, 0.3) is 5.69 Å². The predicted octanol–water partition coefficient (Wildman–Crippen LogP) is 2.99. The number of aryl methyl sites for hydroxylation is 1. The second-order valence-corrected chi connectivity index (χ2v) is 3.31. The van der Waals surface area contributed by atoms with Gasteiger partial charge in [0.05, 0.1) is 12.0 Å². The standard InChI is InChI=1S/C11H14N2O3/c1-4-11(16-3)12-9-7-8(2)5-6-10(9)13(14)15/h5-7H,4H2,1-3H3. The summed E-state index contributed by atoms with van der Waals surface area (Å²) in [5, 5.41) is 10.8. The topological polar surface area (TPSA) is 64.7 Å². The molecule has 0 unspecified atom stereocenters. The highest BCUT2D eigenvalue weighted by atomic mass is 16.6. The van der Waals surface area contributed by atoms with Crippen LogP contribution in [-0.4, -0.2) is 17.9 Å². The molecule has 0 atom stereocenters. The van der Waals surface area contributed by atoms with Crippen LogP contribution in [-0.2, 0) is 4.74 Å². The lowest BCUT2D eigenvalue weighted by molar-refractivity contribution is -0.384. The summed E-state index contributed by atoms with van der Waals surface area (Å²) in [6.45, 7) is 3.74. The van der Waals surface area contributed by atoms with Crippen molar-refractivity contribution >= 4 is 17.3 Å². The van der Waals surface area contributed by atoms with Crippen LogP contribution in [0.25, 0.3) is 0 Å². The normalized spacial score (nSPS) is 11.3. The molecular weight excluding hydrogens is 208 g/mol. The van der Waals surface area contributed by atoms with Crippen molar-refractivity contribution < 1.29 is 9.66 Å². The Hall–Kier alpha value is -1.91. The SMILES string of the molecule is CCC(=Nc1cc(C)ccc1[N+](=O)[O-])OC. The van der Waals surface area contributed by atoms with Crippen molar-refractivity contribution in [3.63, 3.8) is 0 Å². The molecule has 5 nitrogen and oxygen atoms in total. The molecule has 0 saturated heterocycles. The molecule has 0 heterocycles. The van der Waals surface area contributed by atoms with Crippen molar-refractivity contribution in [3.8, 4) is 0 Å². The van der Waals surface area contributed by atoms with Gasteiger partial charge in [0.15, 0.2) is 5.90 Å². The van der Waals surface area contributed by atoms with Gasteiger partial charge in [-0.3, -0.25) is 10.1 Å². The van der Waals surface area contributed by atoms with Crippen LogP contribution < -0.4 is 0 Å². The minimum Gasteiger partial charge on any atom is -0.484 e. The van der Waals surface area contributed by atoms with Gasteiger partial charge in [0.1, 0.15) is 5.69 Å². The predicted molar refractivity (Wildman–Crippen MR) is 62.2 cm³/mol. The van der Waals surface area contributed by atoms with E-state index in [2.05, 4.69) is 4.99 Å². The van der Waals surface area contributed by atoms with Gasteiger partial charge in [0, 0.05) is 12.5 Å². The minimum absolute atomic E-state index is 0.00593. The third-order valence-corrected chi connectivity index (χ3v) is 2.11. The number of benzene rings is 1. The third-order valence-electron chi connectivity index (χ3n) is 2.11. The molecule has 16 heavy (non-hydrogen) atoms. The summed E-state index contributed by atoms with van der Waals surface area (Å²) in [7, 11) is 1.50. The molecule has 0 N–H and O–H groups in total. The van der Waals surface area contributed by atoms with E-state index in [1.807, 2.05) is 13.8 Å². The molecule has 0 spiro atoms. The lowest BCUT2D eigenvalue weighted by Crippen LogP contribution is -1.98. The van der Waals surface area contributed by atoms with Crippen LogP contribution in [0.3, 0.4) is 0 Å². The van der Waals surface area contributed by atoms with Crippen LogP contribution in [0.4, 0.5) is 11.4 Å². The number of nitro groups is 1. The van der Waals surface area contributed by atoms with Crippen molar-refractivity contribution in [2.24, 2.45) is 4.99 Å². The maximum atomic E-state index is 10.8. The smallest absolute Gasteiger partial charge is 0.294 e. The van der Waals surface area contributed by atoms with Crippen molar-refractivity contribution in [2.75, 3.05) is 7.11 Å². The van der Waals surface area contributed by atoms with Gasteiger partial charge in [-0.1, -0.05) is 13.0 Å². The highest BCUT2D eigenvalue weighted by molar-refractivity contribution is 5.80. The second-order valence-electron chi connectivity index (χ2n) is 3.31. The molecule has 0 amide bonds. The fourth-order valence-corrected chi connectivity index (χ4v) is 1.28. The third kappa shape index (κ3) is 2.79. The van der Waals surface area contributed by atoms with Crippen LogP contribution in [0.1, 0.15) is 18.9 Å². The number of nitro benzene ring substituents is 1. The van der Waals surface area contributed by atoms with Crippen molar-refractivity contribution in [1.82, 2.24) is 0 Å². The van der Waals surface area contributed by atoms with E-state index < -0.39 is 4.92 Å². The average molecular weight is 222 g/mol. The van der Waals surface area contributed by atoms with E-state index in [9.17, 15) is 10.1 Å². The molecule has 0 aliphatic carbocycles. The largest absolute Gasteiger partial charge is 0.484 e. The van der Waals surface area contributed by atoms with Crippen molar-refractivity contribution in [3.05, 3.63) is 33.9 Å². The monoisotopic (exact) mass is 222 g/mol. The number of ether oxygens (including phenoxy) is 1. The number of nitrogens with zero attached hydrogens (tertiary/aromatic N) is 2. The Kier molecular flexibility index (Phi) is 3.99. The maximum absolute atomic E-state index is 10.8.